The van der Waals surface area contributed by atoms with Gasteiger partial charge in [-0.3, -0.25) is 15.1 Å². The zero-order valence-electron chi connectivity index (χ0n) is 19.1. The Balaban J connectivity index is 1.50. The molecule has 7 nitrogen and oxygen atoms in total. The number of anilines is 1. The fourth-order valence-electron chi connectivity index (χ4n) is 3.41. The smallest absolute Gasteiger partial charge is 0.411 e. The molecule has 1 amide bonds. The molecule has 0 spiro atoms. The summed E-state index contributed by atoms with van der Waals surface area (Å²) in [6.07, 6.45) is 5.03. The van der Waals surface area contributed by atoms with Gasteiger partial charge in [-0.05, 0) is 59.0 Å². The third kappa shape index (κ3) is 5.95. The third-order valence-electron chi connectivity index (χ3n) is 5.12. The highest BCUT2D eigenvalue weighted by Crippen LogP contribution is 2.20. The van der Waals surface area contributed by atoms with E-state index in [1.807, 2.05) is 68.4 Å². The summed E-state index contributed by atoms with van der Waals surface area (Å²) < 4.78 is 6.86. The Kier molecular flexibility index (Phi) is 7.13. The van der Waals surface area contributed by atoms with Gasteiger partial charge in [0.25, 0.3) is 0 Å². The maximum absolute atomic E-state index is 12.5. The fourth-order valence-corrected chi connectivity index (χ4v) is 3.41. The molecular weight excluding hydrogens is 428 g/mol. The highest BCUT2D eigenvalue weighted by atomic mass is 16.5. The number of aromatic nitrogens is 3. The second-order valence-corrected chi connectivity index (χ2v) is 8.35. The van der Waals surface area contributed by atoms with Crippen LogP contribution in [-0.4, -0.2) is 27.5 Å². The molecule has 0 bridgehead atoms. The molecule has 34 heavy (non-hydrogen) atoms. The van der Waals surface area contributed by atoms with Gasteiger partial charge in [0.05, 0.1) is 12.3 Å². The van der Waals surface area contributed by atoms with Crippen LogP contribution in [0.15, 0.2) is 90.1 Å². The van der Waals surface area contributed by atoms with Crippen LogP contribution in [0.4, 0.5) is 10.5 Å². The molecule has 7 heteroatoms. The number of carbonyl (C=O) groups is 1. The molecule has 0 saturated carbocycles. The summed E-state index contributed by atoms with van der Waals surface area (Å²) in [6, 6.07) is 20.7. The highest BCUT2D eigenvalue weighted by Gasteiger charge is 2.09. The Morgan fingerprint density at radius 3 is 2.47 bits per heavy atom. The number of nitrogens with one attached hydrogen (secondary N) is 1. The van der Waals surface area contributed by atoms with Gasteiger partial charge in [-0.1, -0.05) is 38.1 Å². The number of pyridine rings is 1. The summed E-state index contributed by atoms with van der Waals surface area (Å²) in [5.74, 6) is 0.259. The number of benzene rings is 2. The van der Waals surface area contributed by atoms with Crippen molar-refractivity contribution in [2.45, 2.75) is 20.3 Å². The van der Waals surface area contributed by atoms with Crippen molar-refractivity contribution in [3.63, 3.8) is 0 Å². The van der Waals surface area contributed by atoms with Crippen molar-refractivity contribution in [3.05, 3.63) is 107 Å². The van der Waals surface area contributed by atoms with Crippen molar-refractivity contribution in [2.24, 2.45) is 5.92 Å². The topological polar surface area (TPSA) is 86.1 Å². The van der Waals surface area contributed by atoms with Crippen molar-refractivity contribution in [3.8, 4) is 16.8 Å². The Bertz CT molecular complexity index is 1320. The first kappa shape index (κ1) is 22.9. The second-order valence-electron chi connectivity index (χ2n) is 8.35. The van der Waals surface area contributed by atoms with Crippen molar-refractivity contribution in [1.29, 1.82) is 0 Å². The van der Waals surface area contributed by atoms with Gasteiger partial charge in [0.2, 0.25) is 5.43 Å². The number of amides is 1. The molecule has 4 rings (SSSR count). The van der Waals surface area contributed by atoms with Crippen LogP contribution in [0.5, 0.6) is 0 Å². The summed E-state index contributed by atoms with van der Waals surface area (Å²) in [7, 11) is 0. The van der Waals surface area contributed by atoms with Gasteiger partial charge in [-0.25, -0.2) is 9.48 Å². The molecule has 0 aliphatic heterocycles. The number of rotatable bonds is 7. The Morgan fingerprint density at radius 1 is 1.00 bits per heavy atom. The van der Waals surface area contributed by atoms with E-state index < -0.39 is 6.09 Å². The van der Waals surface area contributed by atoms with E-state index in [0.29, 0.717) is 24.4 Å². The first-order chi connectivity index (χ1) is 16.5. The minimum Gasteiger partial charge on any atom is -0.449 e. The van der Waals surface area contributed by atoms with Gasteiger partial charge in [0.15, 0.2) is 0 Å². The Labute approximate surface area is 198 Å². The lowest BCUT2D eigenvalue weighted by atomic mass is 10.1. The first-order valence-electron chi connectivity index (χ1n) is 11.1. The SMILES string of the molecule is CC(C)COC(=O)Nc1cccc(Cc2nn(-c3ccc(-c4ccncc4)cc3)ccc2=O)c1. The van der Waals surface area contributed by atoms with Crippen molar-refractivity contribution < 1.29 is 9.53 Å². The van der Waals surface area contributed by atoms with E-state index in [-0.39, 0.29) is 11.3 Å². The average molecular weight is 455 g/mol. The number of ether oxygens (including phenoxy) is 1. The van der Waals surface area contributed by atoms with Crippen molar-refractivity contribution in [2.75, 3.05) is 11.9 Å². The molecule has 0 atom stereocenters. The van der Waals surface area contributed by atoms with Crippen LogP contribution in [0.3, 0.4) is 0 Å². The summed E-state index contributed by atoms with van der Waals surface area (Å²) in [4.78, 5) is 28.5. The zero-order valence-corrected chi connectivity index (χ0v) is 19.1. The molecule has 0 aliphatic rings. The van der Waals surface area contributed by atoms with Gasteiger partial charge >= 0.3 is 6.09 Å². The fraction of sp³-hybridized carbons (Fsp3) is 0.185. The van der Waals surface area contributed by atoms with Crippen LogP contribution >= 0.6 is 0 Å². The summed E-state index contributed by atoms with van der Waals surface area (Å²) in [6.45, 7) is 4.30. The lowest BCUT2D eigenvalue weighted by Crippen LogP contribution is -2.17. The molecule has 0 saturated heterocycles. The molecule has 0 radical (unpaired) electrons. The van der Waals surface area contributed by atoms with Crippen LogP contribution in [0.2, 0.25) is 0 Å². The predicted octanol–water partition coefficient (Wildman–Crippen LogP) is 5.09. The van der Waals surface area contributed by atoms with E-state index in [1.54, 1.807) is 29.3 Å². The quantitative estimate of drug-likeness (QED) is 0.420. The van der Waals surface area contributed by atoms with Crippen LogP contribution in [0.1, 0.15) is 25.1 Å². The summed E-state index contributed by atoms with van der Waals surface area (Å²) in [5, 5.41) is 7.29. The molecule has 2 heterocycles. The molecule has 0 aliphatic carbocycles. The van der Waals surface area contributed by atoms with Crippen molar-refractivity contribution >= 4 is 11.8 Å². The minimum atomic E-state index is -0.499. The van der Waals surface area contributed by atoms with E-state index in [9.17, 15) is 9.59 Å². The molecule has 2 aromatic carbocycles. The maximum atomic E-state index is 12.5. The van der Waals surface area contributed by atoms with Crippen LogP contribution in [-0.2, 0) is 11.2 Å². The summed E-state index contributed by atoms with van der Waals surface area (Å²) >= 11 is 0. The molecular formula is C27H26N4O3. The molecule has 4 aromatic rings. The van der Waals surface area contributed by atoms with E-state index in [0.717, 1.165) is 22.4 Å². The predicted molar refractivity (Wildman–Crippen MR) is 132 cm³/mol. The van der Waals surface area contributed by atoms with Crippen LogP contribution in [0.25, 0.3) is 16.8 Å². The number of nitrogens with zero attached hydrogens (tertiary/aromatic N) is 3. The molecule has 0 fully saturated rings. The monoisotopic (exact) mass is 454 g/mol. The number of carbonyl (C=O) groups excluding carboxylic acids is 1. The van der Waals surface area contributed by atoms with Gasteiger partial charge in [0.1, 0.15) is 5.69 Å². The molecule has 2 aromatic heterocycles. The highest BCUT2D eigenvalue weighted by molar-refractivity contribution is 5.84. The lowest BCUT2D eigenvalue weighted by molar-refractivity contribution is 0.147. The lowest BCUT2D eigenvalue weighted by Gasteiger charge is -2.11. The van der Waals surface area contributed by atoms with Crippen LogP contribution in [0, 0.1) is 5.92 Å². The Hall–Kier alpha value is -4.26. The summed E-state index contributed by atoms with van der Waals surface area (Å²) in [5.41, 5.74) is 4.74. The van der Waals surface area contributed by atoms with E-state index >= 15 is 0 Å². The van der Waals surface area contributed by atoms with Crippen molar-refractivity contribution in [1.82, 2.24) is 14.8 Å². The zero-order chi connectivity index (χ0) is 23.9. The largest absolute Gasteiger partial charge is 0.449 e. The van der Waals surface area contributed by atoms with Crippen LogP contribution < -0.4 is 10.7 Å². The molecule has 172 valence electrons. The second kappa shape index (κ2) is 10.6. The van der Waals surface area contributed by atoms with Gasteiger partial charge in [0, 0.05) is 36.8 Å². The van der Waals surface area contributed by atoms with E-state index in [1.165, 1.54) is 6.07 Å². The Morgan fingerprint density at radius 2 is 1.74 bits per heavy atom. The average Bonchev–Trinajstić information content (AvgIpc) is 2.85. The normalized spacial score (nSPS) is 10.8. The van der Waals surface area contributed by atoms with Gasteiger partial charge < -0.3 is 4.74 Å². The maximum Gasteiger partial charge on any atom is 0.411 e. The van der Waals surface area contributed by atoms with Gasteiger partial charge in [-0.15, -0.1) is 0 Å². The van der Waals surface area contributed by atoms with E-state index in [4.69, 9.17) is 4.74 Å². The van der Waals surface area contributed by atoms with E-state index in [2.05, 4.69) is 15.4 Å². The third-order valence-corrected chi connectivity index (χ3v) is 5.12. The first-order valence-corrected chi connectivity index (χ1v) is 11.1. The molecule has 1 N–H and O–H groups in total. The molecule has 0 unspecified atom stereocenters. The minimum absolute atomic E-state index is 0.139. The standard InChI is InChI=1S/C27H26N4O3/c1-19(2)18-34-27(33)29-23-5-3-4-20(16-23)17-25-26(32)12-15-31(30-25)24-8-6-21(7-9-24)22-10-13-28-14-11-22/h3-16,19H,17-18H2,1-2H3,(H,29,33). The number of hydrogen-bond acceptors (Lipinski definition) is 5. The van der Waals surface area contributed by atoms with Gasteiger partial charge in [-0.2, -0.15) is 5.10 Å². The number of hydrogen-bond donors (Lipinski definition) is 1.